The average Bonchev–Trinajstić information content (AvgIpc) is 2.29. The molecule has 1 saturated carbocycles. The minimum atomic E-state index is -0.160. The summed E-state index contributed by atoms with van der Waals surface area (Å²) in [6.07, 6.45) is 4.36. The lowest BCUT2D eigenvalue weighted by atomic mass is 9.68. The molecule has 0 saturated heterocycles. The van der Waals surface area contributed by atoms with E-state index in [-0.39, 0.29) is 11.4 Å². The Hall–Kier alpha value is -0.890. The molecule has 0 bridgehead atoms. The van der Waals surface area contributed by atoms with Gasteiger partial charge in [0.25, 0.3) is 0 Å². The highest BCUT2D eigenvalue weighted by Gasteiger charge is 2.36. The molecule has 0 radical (unpaired) electrons. The third-order valence-electron chi connectivity index (χ3n) is 4.66. The van der Waals surface area contributed by atoms with Gasteiger partial charge in [-0.05, 0) is 67.7 Å². The number of hydrogen-bond donors (Lipinski definition) is 1. The second-order valence-corrected chi connectivity index (χ2v) is 6.26. The Labute approximate surface area is 110 Å². The van der Waals surface area contributed by atoms with Gasteiger partial charge in [-0.3, -0.25) is 0 Å². The van der Waals surface area contributed by atoms with E-state index in [4.69, 9.17) is 5.73 Å². The van der Waals surface area contributed by atoms with Gasteiger partial charge in [0, 0.05) is 5.54 Å². The molecule has 2 N–H and O–H groups in total. The Kier molecular flexibility index (Phi) is 3.76. The van der Waals surface area contributed by atoms with Crippen LogP contribution in [0, 0.1) is 24.6 Å². The van der Waals surface area contributed by atoms with Gasteiger partial charge >= 0.3 is 0 Å². The van der Waals surface area contributed by atoms with E-state index in [0.717, 1.165) is 24.3 Å². The summed E-state index contributed by atoms with van der Waals surface area (Å²) in [5.41, 5.74) is 8.71. The number of aryl methyl sites for hydroxylation is 1. The van der Waals surface area contributed by atoms with Crippen molar-refractivity contribution in [3.8, 4) is 0 Å². The standard InChI is InChI=1S/C16H24FN/c1-11-6-7-16(18,13(3)8-11)10-14-4-5-15(17)9-12(14)2/h4-5,9,11,13H,6-8,10,18H2,1-3H3. The third kappa shape index (κ3) is 2.74. The lowest BCUT2D eigenvalue weighted by Crippen LogP contribution is -2.51. The Morgan fingerprint density at radius 3 is 2.72 bits per heavy atom. The van der Waals surface area contributed by atoms with Gasteiger partial charge in [0.2, 0.25) is 0 Å². The van der Waals surface area contributed by atoms with Gasteiger partial charge in [-0.1, -0.05) is 19.9 Å². The summed E-state index contributed by atoms with van der Waals surface area (Å²) in [7, 11) is 0. The molecule has 3 atom stereocenters. The first kappa shape index (κ1) is 13.5. The summed E-state index contributed by atoms with van der Waals surface area (Å²) in [6.45, 7) is 6.53. The molecule has 0 amide bonds. The third-order valence-corrected chi connectivity index (χ3v) is 4.66. The second-order valence-electron chi connectivity index (χ2n) is 6.26. The molecule has 1 nitrogen and oxygen atoms in total. The zero-order valence-corrected chi connectivity index (χ0v) is 11.7. The van der Waals surface area contributed by atoms with Crippen LogP contribution in [0.4, 0.5) is 4.39 Å². The van der Waals surface area contributed by atoms with Crippen molar-refractivity contribution in [2.75, 3.05) is 0 Å². The second kappa shape index (κ2) is 5.00. The van der Waals surface area contributed by atoms with Crippen LogP contribution in [0.2, 0.25) is 0 Å². The number of halogens is 1. The summed E-state index contributed by atoms with van der Waals surface area (Å²) >= 11 is 0. The molecule has 1 aromatic rings. The van der Waals surface area contributed by atoms with Gasteiger partial charge in [-0.2, -0.15) is 0 Å². The van der Waals surface area contributed by atoms with Crippen LogP contribution in [0.5, 0.6) is 0 Å². The Morgan fingerprint density at radius 1 is 1.39 bits per heavy atom. The van der Waals surface area contributed by atoms with Crippen LogP contribution >= 0.6 is 0 Å². The van der Waals surface area contributed by atoms with Crippen LogP contribution in [0.1, 0.15) is 44.2 Å². The Morgan fingerprint density at radius 2 is 2.11 bits per heavy atom. The van der Waals surface area contributed by atoms with Crippen molar-refractivity contribution in [1.82, 2.24) is 0 Å². The molecule has 0 aliphatic heterocycles. The van der Waals surface area contributed by atoms with Crippen molar-refractivity contribution < 1.29 is 4.39 Å². The first-order chi connectivity index (χ1) is 8.40. The predicted octanol–water partition coefficient (Wildman–Crippen LogP) is 3.83. The van der Waals surface area contributed by atoms with Crippen LogP contribution < -0.4 is 5.73 Å². The molecule has 100 valence electrons. The predicted molar refractivity (Wildman–Crippen MR) is 73.9 cm³/mol. The maximum absolute atomic E-state index is 13.1. The summed E-state index contributed by atoms with van der Waals surface area (Å²) in [4.78, 5) is 0. The lowest BCUT2D eigenvalue weighted by Gasteiger charge is -2.42. The molecule has 0 heterocycles. The fourth-order valence-corrected chi connectivity index (χ4v) is 3.19. The van der Waals surface area contributed by atoms with Gasteiger partial charge < -0.3 is 5.73 Å². The molecule has 2 heteroatoms. The van der Waals surface area contributed by atoms with E-state index < -0.39 is 0 Å². The van der Waals surface area contributed by atoms with Crippen molar-refractivity contribution in [1.29, 1.82) is 0 Å². The van der Waals surface area contributed by atoms with Crippen LogP contribution in [-0.2, 0) is 6.42 Å². The van der Waals surface area contributed by atoms with E-state index in [9.17, 15) is 4.39 Å². The maximum atomic E-state index is 13.1. The first-order valence-electron chi connectivity index (χ1n) is 6.94. The van der Waals surface area contributed by atoms with Crippen molar-refractivity contribution in [2.24, 2.45) is 17.6 Å². The van der Waals surface area contributed by atoms with E-state index >= 15 is 0 Å². The van der Waals surface area contributed by atoms with Crippen LogP contribution in [0.15, 0.2) is 18.2 Å². The van der Waals surface area contributed by atoms with Crippen molar-refractivity contribution >= 4 is 0 Å². The van der Waals surface area contributed by atoms with Crippen LogP contribution in [-0.4, -0.2) is 5.54 Å². The summed E-state index contributed by atoms with van der Waals surface area (Å²) < 4.78 is 13.1. The van der Waals surface area contributed by atoms with Gasteiger partial charge in [0.1, 0.15) is 5.82 Å². The molecule has 0 aromatic heterocycles. The highest BCUT2D eigenvalue weighted by atomic mass is 19.1. The quantitative estimate of drug-likeness (QED) is 0.847. The Balaban J connectivity index is 2.17. The fourth-order valence-electron chi connectivity index (χ4n) is 3.19. The average molecular weight is 249 g/mol. The fraction of sp³-hybridized carbons (Fsp3) is 0.625. The molecule has 1 aromatic carbocycles. The smallest absolute Gasteiger partial charge is 0.123 e. The molecule has 1 aliphatic rings. The SMILES string of the molecule is Cc1cc(F)ccc1CC1(N)CCC(C)CC1C. The number of hydrogen-bond acceptors (Lipinski definition) is 1. The number of nitrogens with two attached hydrogens (primary N) is 1. The largest absolute Gasteiger partial charge is 0.325 e. The topological polar surface area (TPSA) is 26.0 Å². The van der Waals surface area contributed by atoms with Gasteiger partial charge in [-0.25, -0.2) is 4.39 Å². The zero-order valence-electron chi connectivity index (χ0n) is 11.7. The highest BCUT2D eigenvalue weighted by molar-refractivity contribution is 5.28. The van der Waals surface area contributed by atoms with Crippen molar-refractivity contribution in [3.05, 3.63) is 35.1 Å². The normalized spacial score (nSPS) is 32.5. The molecular weight excluding hydrogens is 225 g/mol. The summed E-state index contributed by atoms with van der Waals surface area (Å²) in [6, 6.07) is 5.04. The molecule has 3 unspecified atom stereocenters. The molecule has 1 aliphatic carbocycles. The zero-order chi connectivity index (χ0) is 13.3. The maximum Gasteiger partial charge on any atom is 0.123 e. The molecule has 1 fully saturated rings. The number of rotatable bonds is 2. The van der Waals surface area contributed by atoms with Crippen molar-refractivity contribution in [2.45, 2.75) is 52.0 Å². The first-order valence-corrected chi connectivity index (χ1v) is 6.94. The van der Waals surface area contributed by atoms with E-state index in [2.05, 4.69) is 13.8 Å². The minimum Gasteiger partial charge on any atom is -0.325 e. The van der Waals surface area contributed by atoms with E-state index in [1.54, 1.807) is 12.1 Å². The van der Waals surface area contributed by atoms with Gasteiger partial charge in [0.05, 0.1) is 0 Å². The van der Waals surface area contributed by atoms with E-state index in [1.165, 1.54) is 18.4 Å². The minimum absolute atomic E-state index is 0.116. The van der Waals surface area contributed by atoms with Crippen LogP contribution in [0.3, 0.4) is 0 Å². The summed E-state index contributed by atoms with van der Waals surface area (Å²) in [5, 5.41) is 0. The monoisotopic (exact) mass is 249 g/mol. The molecule has 0 spiro atoms. The van der Waals surface area contributed by atoms with Crippen molar-refractivity contribution in [3.63, 3.8) is 0 Å². The molecule has 18 heavy (non-hydrogen) atoms. The van der Waals surface area contributed by atoms with E-state index in [0.29, 0.717) is 5.92 Å². The van der Waals surface area contributed by atoms with Crippen LogP contribution in [0.25, 0.3) is 0 Å². The van der Waals surface area contributed by atoms with Gasteiger partial charge in [-0.15, -0.1) is 0 Å². The molecule has 2 rings (SSSR count). The number of benzene rings is 1. The highest BCUT2D eigenvalue weighted by Crippen LogP contribution is 2.37. The Bertz CT molecular complexity index is 429. The molecular formula is C16H24FN. The lowest BCUT2D eigenvalue weighted by molar-refractivity contribution is 0.163. The van der Waals surface area contributed by atoms with Gasteiger partial charge in [0.15, 0.2) is 0 Å². The summed E-state index contributed by atoms with van der Waals surface area (Å²) in [5.74, 6) is 1.16. The van der Waals surface area contributed by atoms with E-state index in [1.807, 2.05) is 13.0 Å².